The average Bonchev–Trinajstić information content (AvgIpc) is 2.08. The van der Waals surface area contributed by atoms with Crippen LogP contribution in [0, 0.1) is 0 Å². The van der Waals surface area contributed by atoms with Gasteiger partial charge in [0, 0.05) is 0 Å². The van der Waals surface area contributed by atoms with Gasteiger partial charge in [0.25, 0.3) is 0 Å². The molecule has 6 atom stereocenters. The van der Waals surface area contributed by atoms with Gasteiger partial charge >= 0.3 is 48.1 Å². The summed E-state index contributed by atoms with van der Waals surface area (Å²) in [6.45, 7) is 0. The van der Waals surface area contributed by atoms with Crippen molar-refractivity contribution in [3.63, 3.8) is 0 Å². The van der Waals surface area contributed by atoms with Crippen molar-refractivity contribution in [1.29, 1.82) is 0 Å². The van der Waals surface area contributed by atoms with Crippen molar-refractivity contribution in [2.75, 3.05) is 0 Å². The fraction of sp³-hybridized carbons (Fsp3) is 0. The van der Waals surface area contributed by atoms with Gasteiger partial charge in [-0.15, -0.1) is 0 Å². The van der Waals surface area contributed by atoms with Crippen LogP contribution in [0.5, 0.6) is 0 Å². The van der Waals surface area contributed by atoms with Gasteiger partial charge in [0.1, 0.15) is 0 Å². The molecule has 0 heterocycles. The molecule has 6 N–H and O–H groups in total. The summed E-state index contributed by atoms with van der Waals surface area (Å²) in [5.41, 5.74) is 0. The Kier molecular flexibility index (Phi) is 89.6. The minimum absolute atomic E-state index is 0. The van der Waals surface area contributed by atoms with Crippen LogP contribution in [0.2, 0.25) is 0 Å². The van der Waals surface area contributed by atoms with Gasteiger partial charge in [-0.3, -0.25) is 0 Å². The molecule has 26 heteroatoms. The molecule has 0 fully saturated rings. The van der Waals surface area contributed by atoms with Gasteiger partial charge in [-0.05, 0) is 0 Å². The van der Waals surface area contributed by atoms with Gasteiger partial charge in [-0.1, -0.05) is 0 Å². The van der Waals surface area contributed by atoms with E-state index in [9.17, 15) is 0 Å². The van der Waals surface area contributed by atoms with Crippen LogP contribution in [0.1, 0.15) is 0 Å². The van der Waals surface area contributed by atoms with E-state index in [0.717, 1.165) is 0 Å². The van der Waals surface area contributed by atoms with Crippen molar-refractivity contribution < 1.29 is 128 Å². The summed E-state index contributed by atoms with van der Waals surface area (Å²) in [4.78, 5) is 0. The molecule has 0 rings (SSSR count). The van der Waals surface area contributed by atoms with Crippen molar-refractivity contribution >= 4 is 68.2 Å². The third kappa shape index (κ3) is 4050. The van der Waals surface area contributed by atoms with Gasteiger partial charge in [-0.2, -0.15) is 0 Å². The maximum atomic E-state index is 8.56. The maximum Gasteiger partial charge on any atom is 5.00 e. The Morgan fingerprint density at radius 1 is 0.385 bits per heavy atom. The Bertz CT molecular complexity index is 263. The van der Waals surface area contributed by atoms with E-state index >= 15 is 0 Å². The van der Waals surface area contributed by atoms with Crippen LogP contribution >= 0.6 is 0 Å². The second-order valence-corrected chi connectivity index (χ2v) is 3.91. The van der Waals surface area contributed by atoms with E-state index in [2.05, 4.69) is 0 Å². The summed E-state index contributed by atoms with van der Waals surface area (Å²) in [5, 5.41) is 0. The Morgan fingerprint density at radius 2 is 0.385 bits per heavy atom. The number of hydrogen-bond acceptors (Lipinski definition) is 12. The predicted molar refractivity (Wildman–Crippen MR) is 69.3 cm³/mol. The zero-order chi connectivity index (χ0) is 21.5. The Balaban J connectivity index is -0.0000000245. The molecule has 0 amide bonds. The molecule has 26 heavy (non-hydrogen) atoms. The van der Waals surface area contributed by atoms with Crippen molar-refractivity contribution in [3.05, 3.63) is 0 Å². The standard InChI is InChI=1S/Na.6H2O3S.V/c;6*1-4(2)3;/h;6*(H2,1,2,3);/q+1;;;;;;;+5/p-6. The van der Waals surface area contributed by atoms with Crippen LogP contribution in [-0.2, 0) is 86.7 Å². The Labute approximate surface area is 194 Å². The van der Waals surface area contributed by atoms with Crippen molar-refractivity contribution in [2.24, 2.45) is 0 Å². The molecule has 0 saturated carbocycles. The van der Waals surface area contributed by atoms with Crippen LogP contribution in [0.4, 0.5) is 0 Å². The van der Waals surface area contributed by atoms with Crippen LogP contribution in [0.15, 0.2) is 0 Å². The zero-order valence-corrected chi connectivity index (χ0v) is 19.8. The summed E-state index contributed by atoms with van der Waals surface area (Å²) in [6.07, 6.45) is 0. The first-order chi connectivity index (χ1) is 10.4. The molecule has 156 valence electrons. The fourth-order valence-electron chi connectivity index (χ4n) is 0. The summed E-state index contributed by atoms with van der Waals surface area (Å²) in [6, 6.07) is 0. The third-order valence-electron chi connectivity index (χ3n) is 0. The third-order valence-corrected chi connectivity index (χ3v) is 0. The number of hydrogen-bond donors (Lipinski definition) is 6. The van der Waals surface area contributed by atoms with Crippen LogP contribution in [-0.4, -0.2) is 79.9 Å². The van der Waals surface area contributed by atoms with Crippen molar-refractivity contribution in [3.8, 4) is 0 Å². The molecule has 0 aliphatic carbocycles. The van der Waals surface area contributed by atoms with E-state index < -0.39 is 68.2 Å². The monoisotopic (exact) mass is 560 g/mol. The van der Waals surface area contributed by atoms with Gasteiger partial charge in [0.05, 0.1) is 68.2 Å². The summed E-state index contributed by atoms with van der Waals surface area (Å²) >= 11 is -17.2. The van der Waals surface area contributed by atoms with Gasteiger partial charge in [0.2, 0.25) is 0 Å². The first kappa shape index (κ1) is 51.0. The van der Waals surface area contributed by atoms with Crippen molar-refractivity contribution in [2.45, 2.75) is 0 Å². The topological polar surface area (TPSA) is 362 Å². The molecular weight excluding hydrogens is 554 g/mol. The molecule has 6 unspecified atom stereocenters. The molecule has 0 aromatic carbocycles. The van der Waals surface area contributed by atoms with Crippen LogP contribution < -0.4 is 29.6 Å². The first-order valence-electron chi connectivity index (χ1n) is 3.10. The summed E-state index contributed by atoms with van der Waals surface area (Å²) in [5.74, 6) is 0. The molecule has 0 bridgehead atoms. The molecule has 0 aromatic heterocycles. The SMILES string of the molecule is O=S([O-])O.O=S([O-])O.O=S([O-])O.O=S([O-])O.O=S([O-])O.O=S([O-])O.[Na+].[V+5]. The van der Waals surface area contributed by atoms with E-state index in [4.69, 9.17) is 79.9 Å². The smallest absolute Gasteiger partial charge is 0.750 e. The molecule has 0 aliphatic rings. The van der Waals surface area contributed by atoms with E-state index in [1.165, 1.54) is 0 Å². The fourth-order valence-corrected chi connectivity index (χ4v) is 0. The van der Waals surface area contributed by atoms with E-state index in [1.54, 1.807) is 0 Å². The van der Waals surface area contributed by atoms with Gasteiger partial charge < -0.3 is 54.6 Å². The van der Waals surface area contributed by atoms with E-state index in [1.807, 2.05) is 0 Å². The molecule has 18 nitrogen and oxygen atoms in total. The molecular formula is H6NaO18S6V. The predicted octanol–water partition coefficient (Wildman–Crippen LogP) is -6.97. The zero-order valence-electron chi connectivity index (χ0n) is 11.5. The second-order valence-electron chi connectivity index (χ2n) is 1.30. The quantitative estimate of drug-likeness (QED) is 0.118. The van der Waals surface area contributed by atoms with Crippen molar-refractivity contribution in [1.82, 2.24) is 0 Å². The van der Waals surface area contributed by atoms with Gasteiger partial charge in [0.15, 0.2) is 0 Å². The summed E-state index contributed by atoms with van der Waals surface area (Å²) < 4.78 is 144. The molecule has 0 aromatic rings. The average molecular weight is 560 g/mol. The van der Waals surface area contributed by atoms with Crippen LogP contribution in [0.25, 0.3) is 0 Å². The largest absolute Gasteiger partial charge is 5.00 e. The number of rotatable bonds is 0. The molecule has 0 radical (unpaired) electrons. The Hall–Kier alpha value is 2.00. The molecule has 0 saturated heterocycles. The first-order valence-corrected chi connectivity index (χ1v) is 9.29. The Morgan fingerprint density at radius 3 is 0.385 bits per heavy atom. The minimum atomic E-state index is -2.86. The van der Waals surface area contributed by atoms with Crippen LogP contribution in [0.3, 0.4) is 0 Å². The second kappa shape index (κ2) is 45.6. The minimum Gasteiger partial charge on any atom is -0.750 e. The summed E-state index contributed by atoms with van der Waals surface area (Å²) in [7, 11) is 0. The maximum absolute atomic E-state index is 8.56. The van der Waals surface area contributed by atoms with E-state index in [0.29, 0.717) is 0 Å². The molecule has 0 aliphatic heterocycles. The van der Waals surface area contributed by atoms with Gasteiger partial charge in [-0.25, -0.2) is 25.3 Å². The normalized spacial score (nSPS) is 14.3. The molecule has 0 spiro atoms. The van der Waals surface area contributed by atoms with E-state index in [-0.39, 0.29) is 48.1 Å².